The van der Waals surface area contributed by atoms with Crippen LogP contribution in [0.25, 0.3) is 0 Å². The molecule has 4 rings (SSSR count). The van der Waals surface area contributed by atoms with E-state index in [1.807, 2.05) is 0 Å². The van der Waals surface area contributed by atoms with Crippen LogP contribution in [0, 0.1) is 5.82 Å². The summed E-state index contributed by atoms with van der Waals surface area (Å²) in [6, 6.07) is 6.06. The zero-order valence-corrected chi connectivity index (χ0v) is 15.4. The summed E-state index contributed by atoms with van der Waals surface area (Å²) in [7, 11) is 2.96. The number of carbonyl (C=O) groups is 1. The molecule has 2 aliphatic rings. The van der Waals surface area contributed by atoms with Gasteiger partial charge in [0.1, 0.15) is 11.9 Å². The van der Waals surface area contributed by atoms with Gasteiger partial charge >= 0.3 is 0 Å². The van der Waals surface area contributed by atoms with E-state index in [0.29, 0.717) is 59.0 Å². The lowest BCUT2D eigenvalue weighted by atomic mass is 9.95. The fourth-order valence-corrected chi connectivity index (χ4v) is 3.46. The number of rotatable bonds is 6. The summed E-state index contributed by atoms with van der Waals surface area (Å²) in [4.78, 5) is 17.4. The number of hydrogen-bond donors (Lipinski definition) is 0. The highest BCUT2D eigenvalue weighted by atomic mass is 19.1. The largest absolute Gasteiger partial charge is 0.492 e. The van der Waals surface area contributed by atoms with Crippen LogP contribution in [0.15, 0.2) is 29.4 Å². The number of nitrogens with zero attached hydrogens (tertiary/aromatic N) is 1. The number of carbonyl (C=O) groups excluding carboxylic acids is 1. The minimum absolute atomic E-state index is 0.0154. The molecule has 28 heavy (non-hydrogen) atoms. The van der Waals surface area contributed by atoms with Crippen LogP contribution in [0.4, 0.5) is 4.39 Å². The summed E-state index contributed by atoms with van der Waals surface area (Å²) < 4.78 is 35.0. The minimum Gasteiger partial charge on any atom is -0.492 e. The van der Waals surface area contributed by atoms with E-state index in [9.17, 15) is 9.18 Å². The standard InChI is InChI=1S/C20H18FNO6/c1-24-17-14(15(9-23)18(25-2)20-19(17)26-10-27-20)7-13-8-16(22-28-13)11-3-5-12(21)6-4-11/h3-6,9,13H,7-8,10H2,1-2H3/t13-/m0/s1. The smallest absolute Gasteiger partial charge is 0.231 e. The van der Waals surface area contributed by atoms with E-state index in [1.54, 1.807) is 12.1 Å². The molecule has 0 aliphatic carbocycles. The topological polar surface area (TPSA) is 75.6 Å². The van der Waals surface area contributed by atoms with Crippen LogP contribution in [0.2, 0.25) is 0 Å². The molecule has 7 nitrogen and oxygen atoms in total. The van der Waals surface area contributed by atoms with Gasteiger partial charge < -0.3 is 23.8 Å². The Bertz CT molecular complexity index is 941. The Kier molecular flexibility index (Phi) is 4.77. The highest BCUT2D eigenvalue weighted by Gasteiger charge is 2.34. The predicted molar refractivity (Wildman–Crippen MR) is 97.2 cm³/mol. The molecule has 8 heteroatoms. The number of methoxy groups -OCH3 is 2. The van der Waals surface area contributed by atoms with E-state index in [0.717, 1.165) is 5.56 Å². The van der Waals surface area contributed by atoms with Crippen LogP contribution in [-0.2, 0) is 11.3 Å². The lowest BCUT2D eigenvalue weighted by Gasteiger charge is -2.18. The molecule has 0 spiro atoms. The number of aldehydes is 1. The number of oxime groups is 1. The SMILES string of the molecule is COc1c(C=O)c(C[C@H]2CC(c3ccc(F)cc3)=NO2)c(OC)c2c1OCO2. The van der Waals surface area contributed by atoms with Gasteiger partial charge in [-0.3, -0.25) is 4.79 Å². The van der Waals surface area contributed by atoms with Crippen molar-refractivity contribution in [3.8, 4) is 23.0 Å². The third kappa shape index (κ3) is 3.00. The molecule has 1 atom stereocenters. The molecule has 0 saturated heterocycles. The number of fused-ring (bicyclic) bond motifs is 1. The summed E-state index contributed by atoms with van der Waals surface area (Å²) in [6.45, 7) is 0.0154. The summed E-state index contributed by atoms with van der Waals surface area (Å²) in [5.74, 6) is 1.15. The molecule has 0 amide bonds. The summed E-state index contributed by atoms with van der Waals surface area (Å²) in [5, 5.41) is 4.12. The van der Waals surface area contributed by atoms with Gasteiger partial charge in [0, 0.05) is 18.4 Å². The van der Waals surface area contributed by atoms with Gasteiger partial charge in [-0.2, -0.15) is 0 Å². The Morgan fingerprint density at radius 3 is 2.46 bits per heavy atom. The average molecular weight is 387 g/mol. The van der Waals surface area contributed by atoms with Crippen LogP contribution in [0.3, 0.4) is 0 Å². The number of halogens is 1. The molecular weight excluding hydrogens is 369 g/mol. The van der Waals surface area contributed by atoms with Gasteiger partial charge in [-0.15, -0.1) is 0 Å². The van der Waals surface area contributed by atoms with Gasteiger partial charge in [0.25, 0.3) is 0 Å². The third-order valence-corrected chi connectivity index (χ3v) is 4.74. The predicted octanol–water partition coefficient (Wildman–Crippen LogP) is 3.12. The van der Waals surface area contributed by atoms with Crippen molar-refractivity contribution in [2.24, 2.45) is 5.16 Å². The van der Waals surface area contributed by atoms with E-state index in [1.165, 1.54) is 26.4 Å². The first-order valence-corrected chi connectivity index (χ1v) is 8.66. The van der Waals surface area contributed by atoms with E-state index >= 15 is 0 Å². The van der Waals surface area contributed by atoms with E-state index in [4.69, 9.17) is 23.8 Å². The lowest BCUT2D eigenvalue weighted by Crippen LogP contribution is -2.15. The summed E-state index contributed by atoms with van der Waals surface area (Å²) in [5.41, 5.74) is 2.42. The molecular formula is C20H18FNO6. The second-order valence-electron chi connectivity index (χ2n) is 6.32. The van der Waals surface area contributed by atoms with Gasteiger partial charge in [0.05, 0.1) is 25.5 Å². The van der Waals surface area contributed by atoms with Crippen LogP contribution in [-0.4, -0.2) is 39.1 Å². The zero-order valence-electron chi connectivity index (χ0n) is 15.4. The van der Waals surface area contributed by atoms with Crippen LogP contribution >= 0.6 is 0 Å². The minimum atomic E-state index is -0.322. The summed E-state index contributed by atoms with van der Waals surface area (Å²) in [6.07, 6.45) is 1.23. The zero-order chi connectivity index (χ0) is 19.7. The number of benzene rings is 2. The third-order valence-electron chi connectivity index (χ3n) is 4.74. The highest BCUT2D eigenvalue weighted by molar-refractivity contribution is 6.01. The van der Waals surface area contributed by atoms with Crippen LogP contribution in [0.1, 0.15) is 27.9 Å². The Morgan fingerprint density at radius 2 is 1.82 bits per heavy atom. The van der Waals surface area contributed by atoms with Gasteiger partial charge in [-0.25, -0.2) is 4.39 Å². The van der Waals surface area contributed by atoms with Gasteiger partial charge in [-0.05, 0) is 17.7 Å². The Balaban J connectivity index is 1.64. The highest BCUT2D eigenvalue weighted by Crippen LogP contribution is 2.52. The fourth-order valence-electron chi connectivity index (χ4n) is 3.46. The molecule has 2 aromatic carbocycles. The van der Waals surface area contributed by atoms with E-state index in [2.05, 4.69) is 5.16 Å². The number of hydrogen-bond acceptors (Lipinski definition) is 7. The average Bonchev–Trinajstić information content (AvgIpc) is 3.37. The molecule has 2 heterocycles. The van der Waals surface area contributed by atoms with Crippen molar-refractivity contribution in [2.45, 2.75) is 18.9 Å². The quantitative estimate of drug-likeness (QED) is 0.709. The van der Waals surface area contributed by atoms with Crippen molar-refractivity contribution in [2.75, 3.05) is 21.0 Å². The molecule has 2 aromatic rings. The maximum Gasteiger partial charge on any atom is 0.231 e. The molecule has 0 unspecified atom stereocenters. The molecule has 0 radical (unpaired) electrons. The van der Waals surface area contributed by atoms with Crippen molar-refractivity contribution >= 4 is 12.0 Å². The van der Waals surface area contributed by atoms with Crippen molar-refractivity contribution in [3.05, 3.63) is 46.8 Å². The molecule has 0 bridgehead atoms. The molecule has 0 saturated carbocycles. The van der Waals surface area contributed by atoms with Gasteiger partial charge in [-0.1, -0.05) is 17.3 Å². The molecule has 146 valence electrons. The molecule has 0 N–H and O–H groups in total. The second-order valence-corrected chi connectivity index (χ2v) is 6.32. The van der Waals surface area contributed by atoms with Crippen molar-refractivity contribution in [1.82, 2.24) is 0 Å². The van der Waals surface area contributed by atoms with Crippen molar-refractivity contribution < 1.29 is 33.0 Å². The Hall–Kier alpha value is -3.29. The van der Waals surface area contributed by atoms with Crippen LogP contribution in [0.5, 0.6) is 23.0 Å². The fraction of sp³-hybridized carbons (Fsp3) is 0.300. The maximum absolute atomic E-state index is 13.1. The normalized spacial score (nSPS) is 17.1. The van der Waals surface area contributed by atoms with E-state index in [-0.39, 0.29) is 18.7 Å². The lowest BCUT2D eigenvalue weighted by molar-refractivity contribution is 0.0850. The molecule has 2 aliphatic heterocycles. The van der Waals surface area contributed by atoms with Gasteiger partial charge in [0.15, 0.2) is 17.8 Å². The maximum atomic E-state index is 13.1. The number of ether oxygens (including phenoxy) is 4. The first kappa shape index (κ1) is 18.1. The van der Waals surface area contributed by atoms with Gasteiger partial charge in [0.2, 0.25) is 18.3 Å². The van der Waals surface area contributed by atoms with Crippen molar-refractivity contribution in [1.29, 1.82) is 0 Å². The Labute approximate surface area is 160 Å². The monoisotopic (exact) mass is 387 g/mol. The van der Waals surface area contributed by atoms with Crippen LogP contribution < -0.4 is 18.9 Å². The first-order chi connectivity index (χ1) is 13.7. The first-order valence-electron chi connectivity index (χ1n) is 8.66. The second kappa shape index (κ2) is 7.38. The van der Waals surface area contributed by atoms with E-state index < -0.39 is 0 Å². The Morgan fingerprint density at radius 1 is 1.14 bits per heavy atom. The summed E-state index contributed by atoms with van der Waals surface area (Å²) >= 11 is 0. The molecule has 0 aromatic heterocycles. The van der Waals surface area contributed by atoms with Crippen molar-refractivity contribution in [3.63, 3.8) is 0 Å². The molecule has 0 fully saturated rings.